The Morgan fingerprint density at radius 1 is 1.21 bits per heavy atom. The number of terminal acetylenes is 1. The summed E-state index contributed by atoms with van der Waals surface area (Å²) in [6.45, 7) is 1.98. The van der Waals surface area contributed by atoms with E-state index < -0.39 is 0 Å². The number of piperidine rings is 1. The van der Waals surface area contributed by atoms with E-state index in [1.807, 2.05) is 6.92 Å². The molecule has 1 spiro atoms. The Labute approximate surface area is 115 Å². The summed E-state index contributed by atoms with van der Waals surface area (Å²) in [5, 5.41) is 0. The summed E-state index contributed by atoms with van der Waals surface area (Å²) in [7, 11) is 0. The van der Waals surface area contributed by atoms with Crippen LogP contribution in [0.3, 0.4) is 0 Å². The molecule has 1 atom stereocenters. The van der Waals surface area contributed by atoms with Gasteiger partial charge in [0.1, 0.15) is 0 Å². The number of hydrogen-bond acceptors (Lipinski definition) is 2. The number of carbonyl (C=O) groups excluding carboxylic acids is 2. The van der Waals surface area contributed by atoms with Gasteiger partial charge in [-0.25, -0.2) is 0 Å². The maximum absolute atomic E-state index is 12.4. The highest BCUT2D eigenvalue weighted by atomic mass is 16.2. The van der Waals surface area contributed by atoms with Gasteiger partial charge in [0.15, 0.2) is 0 Å². The maximum atomic E-state index is 12.4. The van der Waals surface area contributed by atoms with E-state index in [9.17, 15) is 9.59 Å². The lowest BCUT2D eigenvalue weighted by molar-refractivity contribution is -0.157. The highest BCUT2D eigenvalue weighted by molar-refractivity contribution is 5.99. The third-order valence-electron chi connectivity index (χ3n) is 4.69. The van der Waals surface area contributed by atoms with Crippen molar-refractivity contribution in [1.82, 2.24) is 4.90 Å². The topological polar surface area (TPSA) is 37.4 Å². The molecule has 0 aromatic carbocycles. The molecule has 3 heteroatoms. The standard InChI is InChI=1S/C16H23NO2/c1-3-8-13(4-2)17-14(18)11-16(12-15(17)19)9-6-5-7-10-16/h1,13H,4-12H2,2H3. The first-order valence-electron chi connectivity index (χ1n) is 7.40. The molecular formula is C16H23NO2. The number of rotatable bonds is 3. The zero-order valence-corrected chi connectivity index (χ0v) is 11.8. The quantitative estimate of drug-likeness (QED) is 0.578. The first-order chi connectivity index (χ1) is 9.12. The van der Waals surface area contributed by atoms with Gasteiger partial charge in [0.25, 0.3) is 0 Å². The fourth-order valence-corrected chi connectivity index (χ4v) is 3.63. The molecule has 0 bridgehead atoms. The van der Waals surface area contributed by atoms with Crippen LogP contribution in [-0.2, 0) is 9.59 Å². The van der Waals surface area contributed by atoms with Gasteiger partial charge in [-0.1, -0.05) is 26.2 Å². The molecule has 19 heavy (non-hydrogen) atoms. The van der Waals surface area contributed by atoms with Crippen LogP contribution in [-0.4, -0.2) is 22.8 Å². The van der Waals surface area contributed by atoms with Crippen molar-refractivity contribution in [2.45, 2.75) is 70.8 Å². The van der Waals surface area contributed by atoms with Crippen LogP contribution in [0.4, 0.5) is 0 Å². The van der Waals surface area contributed by atoms with Gasteiger partial charge in [0, 0.05) is 19.3 Å². The van der Waals surface area contributed by atoms with Crippen molar-refractivity contribution in [3.63, 3.8) is 0 Å². The Bertz CT molecular complexity index is 381. The van der Waals surface area contributed by atoms with Crippen molar-refractivity contribution in [3.8, 4) is 12.3 Å². The molecule has 2 fully saturated rings. The van der Waals surface area contributed by atoms with E-state index in [1.54, 1.807) is 0 Å². The molecule has 0 aromatic heterocycles. The van der Waals surface area contributed by atoms with Crippen LogP contribution in [0.5, 0.6) is 0 Å². The van der Waals surface area contributed by atoms with Gasteiger partial charge in [-0.2, -0.15) is 0 Å². The van der Waals surface area contributed by atoms with Crippen molar-refractivity contribution in [1.29, 1.82) is 0 Å². The number of nitrogens with zero attached hydrogens (tertiary/aromatic N) is 1. The second kappa shape index (κ2) is 5.77. The first kappa shape index (κ1) is 14.1. The third-order valence-corrected chi connectivity index (χ3v) is 4.69. The summed E-state index contributed by atoms with van der Waals surface area (Å²) >= 11 is 0. The van der Waals surface area contributed by atoms with Crippen molar-refractivity contribution < 1.29 is 9.59 Å². The average Bonchev–Trinajstić information content (AvgIpc) is 2.37. The minimum Gasteiger partial charge on any atom is -0.279 e. The number of carbonyl (C=O) groups is 2. The van der Waals surface area contributed by atoms with Crippen LogP contribution < -0.4 is 0 Å². The minimum atomic E-state index is -0.106. The zero-order chi connectivity index (χ0) is 13.9. The van der Waals surface area contributed by atoms with Crippen molar-refractivity contribution in [3.05, 3.63) is 0 Å². The van der Waals surface area contributed by atoms with Gasteiger partial charge in [0.05, 0.1) is 6.04 Å². The molecule has 2 amide bonds. The number of imide groups is 1. The second-order valence-corrected chi connectivity index (χ2v) is 6.04. The van der Waals surface area contributed by atoms with Crippen molar-refractivity contribution in [2.75, 3.05) is 0 Å². The Hall–Kier alpha value is -1.30. The molecule has 1 unspecified atom stereocenters. The Kier molecular flexibility index (Phi) is 4.29. The zero-order valence-electron chi connectivity index (χ0n) is 11.8. The molecule has 104 valence electrons. The molecule has 1 saturated heterocycles. The minimum absolute atomic E-state index is 0.000231. The molecule has 3 nitrogen and oxygen atoms in total. The number of amides is 2. The van der Waals surface area contributed by atoms with E-state index in [0.717, 1.165) is 32.1 Å². The van der Waals surface area contributed by atoms with E-state index >= 15 is 0 Å². The molecule has 0 N–H and O–H groups in total. The summed E-state index contributed by atoms with van der Waals surface area (Å²) in [6.07, 6.45) is 13.3. The lowest BCUT2D eigenvalue weighted by Gasteiger charge is -2.44. The molecular weight excluding hydrogens is 238 g/mol. The summed E-state index contributed by atoms with van der Waals surface area (Å²) < 4.78 is 0. The molecule has 1 saturated carbocycles. The van der Waals surface area contributed by atoms with Crippen LogP contribution in [0.25, 0.3) is 0 Å². The van der Waals surface area contributed by atoms with Gasteiger partial charge in [-0.3, -0.25) is 14.5 Å². The monoisotopic (exact) mass is 261 g/mol. The summed E-state index contributed by atoms with van der Waals surface area (Å²) in [4.78, 5) is 26.2. The molecule has 2 aliphatic rings. The molecule has 1 aliphatic carbocycles. The van der Waals surface area contributed by atoms with Crippen LogP contribution >= 0.6 is 0 Å². The SMILES string of the molecule is C#CCC(CC)N1C(=O)CC2(CCCCC2)CC1=O. The van der Waals surface area contributed by atoms with Crippen LogP contribution in [0.2, 0.25) is 0 Å². The first-order valence-corrected chi connectivity index (χ1v) is 7.40. The van der Waals surface area contributed by atoms with E-state index in [0.29, 0.717) is 19.3 Å². The molecule has 0 radical (unpaired) electrons. The van der Waals surface area contributed by atoms with Crippen LogP contribution in [0.15, 0.2) is 0 Å². The second-order valence-electron chi connectivity index (χ2n) is 6.04. The highest BCUT2D eigenvalue weighted by Crippen LogP contribution is 2.45. The van der Waals surface area contributed by atoms with Gasteiger partial charge in [-0.15, -0.1) is 12.3 Å². The van der Waals surface area contributed by atoms with E-state index in [1.165, 1.54) is 11.3 Å². The fraction of sp³-hybridized carbons (Fsp3) is 0.750. The normalized spacial score (nSPS) is 24.3. The predicted molar refractivity (Wildman–Crippen MR) is 74.1 cm³/mol. The molecule has 1 heterocycles. The van der Waals surface area contributed by atoms with Gasteiger partial charge >= 0.3 is 0 Å². The Balaban J connectivity index is 2.12. The smallest absolute Gasteiger partial charge is 0.230 e. The summed E-state index contributed by atoms with van der Waals surface area (Å²) in [5.74, 6) is 2.58. The average molecular weight is 261 g/mol. The van der Waals surface area contributed by atoms with E-state index in [-0.39, 0.29) is 23.3 Å². The fourth-order valence-electron chi connectivity index (χ4n) is 3.63. The molecule has 2 rings (SSSR count). The molecule has 1 aliphatic heterocycles. The largest absolute Gasteiger partial charge is 0.279 e. The van der Waals surface area contributed by atoms with Crippen molar-refractivity contribution >= 4 is 11.8 Å². The summed E-state index contributed by atoms with van der Waals surface area (Å²) in [5.41, 5.74) is -0.0304. The summed E-state index contributed by atoms with van der Waals surface area (Å²) in [6, 6.07) is -0.106. The predicted octanol–water partition coefficient (Wildman–Crippen LogP) is 2.89. The van der Waals surface area contributed by atoms with Gasteiger partial charge < -0.3 is 0 Å². The lowest BCUT2D eigenvalue weighted by Crippen LogP contribution is -2.52. The van der Waals surface area contributed by atoms with E-state index in [2.05, 4.69) is 5.92 Å². The lowest BCUT2D eigenvalue weighted by atomic mass is 9.67. The Morgan fingerprint density at radius 2 is 1.79 bits per heavy atom. The van der Waals surface area contributed by atoms with Gasteiger partial charge in [0.2, 0.25) is 11.8 Å². The van der Waals surface area contributed by atoms with E-state index in [4.69, 9.17) is 6.42 Å². The van der Waals surface area contributed by atoms with Crippen molar-refractivity contribution in [2.24, 2.45) is 5.41 Å². The number of likely N-dealkylation sites (tertiary alicyclic amines) is 1. The highest BCUT2D eigenvalue weighted by Gasteiger charge is 2.45. The van der Waals surface area contributed by atoms with Crippen LogP contribution in [0, 0.1) is 17.8 Å². The maximum Gasteiger partial charge on any atom is 0.230 e. The number of hydrogen-bond donors (Lipinski definition) is 0. The van der Waals surface area contributed by atoms with Gasteiger partial charge in [-0.05, 0) is 24.7 Å². The molecule has 0 aromatic rings. The third kappa shape index (κ3) is 2.83. The van der Waals surface area contributed by atoms with Crippen LogP contribution in [0.1, 0.15) is 64.7 Å². The Morgan fingerprint density at radius 3 is 2.26 bits per heavy atom.